The number of benzene rings is 2. The maximum Gasteiger partial charge on any atom is 0.260 e. The number of rotatable bonds is 2. The summed E-state index contributed by atoms with van der Waals surface area (Å²) in [6, 6.07) is 9.37. The predicted molar refractivity (Wildman–Crippen MR) is 82.3 cm³/mol. The second kappa shape index (κ2) is 5.46. The molecule has 106 valence electrons. The van der Waals surface area contributed by atoms with Crippen molar-refractivity contribution in [2.75, 3.05) is 5.73 Å². The van der Waals surface area contributed by atoms with Crippen LogP contribution in [0.2, 0.25) is 5.02 Å². The summed E-state index contributed by atoms with van der Waals surface area (Å²) in [7, 11) is 0. The molecule has 0 aliphatic heterocycles. The van der Waals surface area contributed by atoms with Crippen LogP contribution in [0, 0.1) is 5.82 Å². The summed E-state index contributed by atoms with van der Waals surface area (Å²) in [6.07, 6.45) is 0. The Kier molecular flexibility index (Phi) is 3.65. The average molecular weight is 369 g/mol. The van der Waals surface area contributed by atoms with E-state index in [0.717, 1.165) is 0 Å². The van der Waals surface area contributed by atoms with Gasteiger partial charge in [0, 0.05) is 10.0 Å². The van der Waals surface area contributed by atoms with Crippen LogP contribution in [-0.4, -0.2) is 10.1 Å². The molecule has 4 nitrogen and oxygen atoms in total. The van der Waals surface area contributed by atoms with Crippen molar-refractivity contribution in [2.24, 2.45) is 0 Å². The van der Waals surface area contributed by atoms with Gasteiger partial charge in [0.2, 0.25) is 5.82 Å². The predicted octanol–water partition coefficient (Wildman–Crippen LogP) is 4.54. The zero-order valence-corrected chi connectivity index (χ0v) is 12.8. The van der Waals surface area contributed by atoms with E-state index in [1.54, 1.807) is 24.3 Å². The van der Waals surface area contributed by atoms with Crippen LogP contribution in [0.1, 0.15) is 0 Å². The number of aromatic nitrogens is 2. The zero-order chi connectivity index (χ0) is 15.0. The van der Waals surface area contributed by atoms with Crippen molar-refractivity contribution < 1.29 is 8.91 Å². The van der Waals surface area contributed by atoms with Gasteiger partial charge in [-0.15, -0.1) is 0 Å². The van der Waals surface area contributed by atoms with Gasteiger partial charge in [-0.2, -0.15) is 4.98 Å². The van der Waals surface area contributed by atoms with Crippen molar-refractivity contribution in [2.45, 2.75) is 0 Å². The van der Waals surface area contributed by atoms with E-state index in [1.165, 1.54) is 12.1 Å². The van der Waals surface area contributed by atoms with Crippen molar-refractivity contribution in [3.63, 3.8) is 0 Å². The molecule has 7 heteroatoms. The molecule has 2 N–H and O–H groups in total. The Bertz CT molecular complexity index is 822. The number of nitrogens with zero attached hydrogens (tertiary/aromatic N) is 2. The Hall–Kier alpha value is -1.92. The van der Waals surface area contributed by atoms with E-state index in [1.807, 2.05) is 0 Å². The van der Waals surface area contributed by atoms with Crippen LogP contribution < -0.4 is 5.73 Å². The number of para-hydroxylation sites is 1. The Labute approximate surface area is 132 Å². The van der Waals surface area contributed by atoms with Gasteiger partial charge in [0.15, 0.2) is 0 Å². The first-order chi connectivity index (χ1) is 10.1. The quantitative estimate of drug-likeness (QED) is 0.674. The monoisotopic (exact) mass is 367 g/mol. The lowest BCUT2D eigenvalue weighted by Gasteiger charge is -2.01. The third-order valence-corrected chi connectivity index (χ3v) is 3.87. The zero-order valence-electron chi connectivity index (χ0n) is 10.5. The molecule has 0 fully saturated rings. The molecule has 0 aliphatic carbocycles. The second-order valence-corrected chi connectivity index (χ2v) is 5.51. The molecule has 2 aromatic carbocycles. The Morgan fingerprint density at radius 2 is 2.00 bits per heavy atom. The lowest BCUT2D eigenvalue weighted by atomic mass is 10.2. The van der Waals surface area contributed by atoms with Crippen LogP contribution in [0.5, 0.6) is 0 Å². The first kappa shape index (κ1) is 14.0. The number of nitrogen functional groups attached to an aromatic ring is 1. The summed E-state index contributed by atoms with van der Waals surface area (Å²) < 4.78 is 18.9. The van der Waals surface area contributed by atoms with Crippen molar-refractivity contribution in [3.05, 3.63) is 51.7 Å². The molecule has 3 rings (SSSR count). The lowest BCUT2D eigenvalue weighted by molar-refractivity contribution is 0.432. The third kappa shape index (κ3) is 2.64. The van der Waals surface area contributed by atoms with Gasteiger partial charge in [0.05, 0.1) is 16.3 Å². The Morgan fingerprint density at radius 1 is 1.19 bits per heavy atom. The van der Waals surface area contributed by atoms with Crippen LogP contribution in [0.15, 0.2) is 45.4 Å². The van der Waals surface area contributed by atoms with E-state index in [0.29, 0.717) is 32.1 Å². The normalized spacial score (nSPS) is 10.8. The van der Waals surface area contributed by atoms with Crippen LogP contribution >= 0.6 is 27.5 Å². The molecule has 21 heavy (non-hydrogen) atoms. The van der Waals surface area contributed by atoms with Gasteiger partial charge >= 0.3 is 0 Å². The van der Waals surface area contributed by atoms with Gasteiger partial charge in [-0.3, -0.25) is 0 Å². The molecule has 0 spiro atoms. The molecule has 0 saturated heterocycles. The van der Waals surface area contributed by atoms with E-state index in [9.17, 15) is 4.39 Å². The lowest BCUT2D eigenvalue weighted by Crippen LogP contribution is -1.91. The second-order valence-electron chi connectivity index (χ2n) is 4.25. The number of hydrogen-bond acceptors (Lipinski definition) is 4. The number of halogens is 3. The summed E-state index contributed by atoms with van der Waals surface area (Å²) in [5.74, 6) is 0.228. The fraction of sp³-hybridized carbons (Fsp3) is 0. The molecule has 0 radical (unpaired) electrons. The van der Waals surface area contributed by atoms with Crippen molar-refractivity contribution >= 4 is 33.2 Å². The molecule has 3 aromatic rings. The van der Waals surface area contributed by atoms with Crippen LogP contribution in [0.4, 0.5) is 10.1 Å². The summed E-state index contributed by atoms with van der Waals surface area (Å²) in [6.45, 7) is 0. The minimum Gasteiger partial charge on any atom is -0.397 e. The summed E-state index contributed by atoms with van der Waals surface area (Å²) in [4.78, 5) is 4.27. The first-order valence-electron chi connectivity index (χ1n) is 5.90. The topological polar surface area (TPSA) is 64.9 Å². The number of nitrogens with two attached hydrogens (primary N) is 1. The van der Waals surface area contributed by atoms with E-state index in [-0.39, 0.29) is 11.7 Å². The minimum absolute atomic E-state index is 0.251. The fourth-order valence-electron chi connectivity index (χ4n) is 1.84. The van der Waals surface area contributed by atoms with E-state index >= 15 is 0 Å². The van der Waals surface area contributed by atoms with Gasteiger partial charge in [-0.05, 0) is 46.3 Å². The molecule has 1 aromatic heterocycles. The molecular formula is C14H8BrClFN3O. The van der Waals surface area contributed by atoms with Gasteiger partial charge in [-0.1, -0.05) is 22.8 Å². The Balaban J connectivity index is 2.06. The maximum atomic E-state index is 13.1. The van der Waals surface area contributed by atoms with Gasteiger partial charge in [0.25, 0.3) is 5.89 Å². The standard InChI is InChI=1S/C14H8BrClFN3O/c15-10-6-7(17)4-5-8(10)13-19-14(21-20-13)9-2-1-3-11(16)12(9)18/h1-6H,18H2. The van der Waals surface area contributed by atoms with Gasteiger partial charge < -0.3 is 10.3 Å². The summed E-state index contributed by atoms with van der Waals surface area (Å²) in [5.41, 5.74) is 7.43. The highest BCUT2D eigenvalue weighted by molar-refractivity contribution is 9.10. The molecular weight excluding hydrogens is 361 g/mol. The molecule has 0 unspecified atom stereocenters. The fourth-order valence-corrected chi connectivity index (χ4v) is 2.54. The van der Waals surface area contributed by atoms with E-state index in [4.69, 9.17) is 21.9 Å². The van der Waals surface area contributed by atoms with Crippen LogP contribution in [0.25, 0.3) is 22.8 Å². The van der Waals surface area contributed by atoms with E-state index in [2.05, 4.69) is 26.1 Å². The maximum absolute atomic E-state index is 13.1. The molecule has 1 heterocycles. The van der Waals surface area contributed by atoms with Crippen molar-refractivity contribution in [3.8, 4) is 22.8 Å². The highest BCUT2D eigenvalue weighted by Gasteiger charge is 2.16. The van der Waals surface area contributed by atoms with Crippen molar-refractivity contribution in [1.29, 1.82) is 0 Å². The summed E-state index contributed by atoms with van der Waals surface area (Å²) >= 11 is 9.23. The van der Waals surface area contributed by atoms with E-state index < -0.39 is 0 Å². The van der Waals surface area contributed by atoms with Gasteiger partial charge in [-0.25, -0.2) is 4.39 Å². The average Bonchev–Trinajstić information content (AvgIpc) is 2.91. The Morgan fingerprint density at radius 3 is 2.76 bits per heavy atom. The highest BCUT2D eigenvalue weighted by atomic mass is 79.9. The third-order valence-electron chi connectivity index (χ3n) is 2.88. The molecule has 0 saturated carbocycles. The minimum atomic E-state index is -0.353. The molecule has 0 atom stereocenters. The largest absolute Gasteiger partial charge is 0.397 e. The van der Waals surface area contributed by atoms with Crippen molar-refractivity contribution in [1.82, 2.24) is 10.1 Å². The number of anilines is 1. The smallest absolute Gasteiger partial charge is 0.260 e. The molecule has 0 amide bonds. The van der Waals surface area contributed by atoms with Crippen LogP contribution in [-0.2, 0) is 0 Å². The highest BCUT2D eigenvalue weighted by Crippen LogP contribution is 2.33. The molecule has 0 aliphatic rings. The summed E-state index contributed by atoms with van der Waals surface area (Å²) in [5, 5.41) is 4.30. The number of hydrogen-bond donors (Lipinski definition) is 1. The first-order valence-corrected chi connectivity index (χ1v) is 7.07. The molecule has 0 bridgehead atoms. The van der Waals surface area contributed by atoms with Gasteiger partial charge in [0.1, 0.15) is 5.82 Å². The SMILES string of the molecule is Nc1c(Cl)cccc1-c1nc(-c2ccc(F)cc2Br)no1. The van der Waals surface area contributed by atoms with Crippen LogP contribution in [0.3, 0.4) is 0 Å².